The zero-order valence-electron chi connectivity index (χ0n) is 16.6. The minimum atomic E-state index is -4.90. The van der Waals surface area contributed by atoms with Crippen LogP contribution in [0.5, 0.6) is 11.5 Å². The molecule has 0 atom stereocenters. The molecule has 0 aromatic heterocycles. The molecule has 174 valence electrons. The van der Waals surface area contributed by atoms with Crippen LogP contribution in [0.4, 0.5) is 18.9 Å². The molecule has 3 rings (SSSR count). The maximum absolute atomic E-state index is 13.7. The minimum absolute atomic E-state index is 0.00572. The molecule has 0 saturated carbocycles. The quantitative estimate of drug-likeness (QED) is 0.459. The van der Waals surface area contributed by atoms with Gasteiger partial charge in [0.05, 0.1) is 27.7 Å². The third-order valence-corrected chi connectivity index (χ3v) is 5.58. The maximum Gasteiger partial charge on any atom is 0.417 e. The van der Waals surface area contributed by atoms with E-state index in [4.69, 9.17) is 21.5 Å². The molecule has 33 heavy (non-hydrogen) atoms. The number of carbonyl (C=O) groups excluding carboxylic acids is 1. The summed E-state index contributed by atoms with van der Waals surface area (Å²) in [5.74, 6) is -1.69. The number of aliphatic hydroxyl groups excluding tert-OH is 1. The van der Waals surface area contributed by atoms with Crippen LogP contribution in [-0.2, 0) is 22.8 Å². The molecule has 7 nitrogen and oxygen atoms in total. The van der Waals surface area contributed by atoms with Crippen LogP contribution in [0.3, 0.4) is 0 Å². The van der Waals surface area contributed by atoms with E-state index in [0.717, 1.165) is 18.2 Å². The van der Waals surface area contributed by atoms with Crippen molar-refractivity contribution in [1.29, 1.82) is 0 Å². The normalized spacial score (nSPS) is 11.8. The van der Waals surface area contributed by atoms with Gasteiger partial charge in [0.2, 0.25) is 10.0 Å². The van der Waals surface area contributed by atoms with Gasteiger partial charge in [0, 0.05) is 5.69 Å². The number of primary sulfonamides is 1. The van der Waals surface area contributed by atoms with E-state index in [-0.39, 0.29) is 28.0 Å². The molecular formula is C21H16ClF3N2O5S. The van der Waals surface area contributed by atoms with E-state index >= 15 is 0 Å². The summed E-state index contributed by atoms with van der Waals surface area (Å²) < 4.78 is 69.6. The van der Waals surface area contributed by atoms with Crippen molar-refractivity contribution >= 4 is 33.2 Å². The van der Waals surface area contributed by atoms with Crippen molar-refractivity contribution in [2.24, 2.45) is 5.14 Å². The van der Waals surface area contributed by atoms with Crippen LogP contribution in [0.1, 0.15) is 21.5 Å². The van der Waals surface area contributed by atoms with Gasteiger partial charge in [-0.15, -0.1) is 0 Å². The lowest BCUT2D eigenvalue weighted by atomic mass is 10.0. The molecule has 0 radical (unpaired) electrons. The highest BCUT2D eigenvalue weighted by Crippen LogP contribution is 2.39. The van der Waals surface area contributed by atoms with E-state index < -0.39 is 39.0 Å². The number of nitrogens with one attached hydrogen (secondary N) is 1. The Bertz CT molecular complexity index is 1310. The number of ether oxygens (including phenoxy) is 1. The molecule has 0 aliphatic carbocycles. The van der Waals surface area contributed by atoms with Crippen molar-refractivity contribution in [2.45, 2.75) is 17.7 Å². The summed E-state index contributed by atoms with van der Waals surface area (Å²) in [4.78, 5) is 12.6. The largest absolute Gasteiger partial charge is 0.455 e. The van der Waals surface area contributed by atoms with Crippen LogP contribution in [-0.4, -0.2) is 19.4 Å². The van der Waals surface area contributed by atoms with Gasteiger partial charge < -0.3 is 15.2 Å². The Kier molecular flexibility index (Phi) is 6.98. The molecule has 4 N–H and O–H groups in total. The highest BCUT2D eigenvalue weighted by Gasteiger charge is 2.37. The Labute approximate surface area is 191 Å². The lowest BCUT2D eigenvalue weighted by Gasteiger charge is -2.18. The average molecular weight is 501 g/mol. The average Bonchev–Trinajstić information content (AvgIpc) is 2.74. The lowest BCUT2D eigenvalue weighted by molar-refractivity contribution is -0.138. The summed E-state index contributed by atoms with van der Waals surface area (Å²) in [6.07, 6.45) is -4.90. The molecule has 3 aromatic rings. The summed E-state index contributed by atoms with van der Waals surface area (Å²) in [7, 11) is -4.11. The van der Waals surface area contributed by atoms with E-state index in [2.05, 4.69) is 5.32 Å². The number of hydrogen-bond donors (Lipinski definition) is 3. The molecule has 3 aromatic carbocycles. The number of rotatable bonds is 6. The Morgan fingerprint density at radius 1 is 1.06 bits per heavy atom. The number of hydrogen-bond acceptors (Lipinski definition) is 5. The fraction of sp³-hybridized carbons (Fsp3) is 0.0952. The number of halogens is 4. The maximum atomic E-state index is 13.7. The summed E-state index contributed by atoms with van der Waals surface area (Å²) in [6.45, 7) is -0.311. The molecular weight excluding hydrogens is 485 g/mol. The van der Waals surface area contributed by atoms with Crippen LogP contribution in [0.15, 0.2) is 65.6 Å². The SMILES string of the molecule is NS(=O)(=O)c1cccc(NC(=O)c2c(Oc3ccc(CO)cc3Cl)cccc2C(F)(F)F)c1. The van der Waals surface area contributed by atoms with Crippen molar-refractivity contribution in [3.8, 4) is 11.5 Å². The van der Waals surface area contributed by atoms with Gasteiger partial charge in [0.15, 0.2) is 0 Å². The van der Waals surface area contributed by atoms with Crippen LogP contribution in [0.25, 0.3) is 0 Å². The molecule has 0 bridgehead atoms. The summed E-state index contributed by atoms with van der Waals surface area (Å²) in [6, 6.07) is 11.8. The van der Waals surface area contributed by atoms with Crippen molar-refractivity contribution in [2.75, 3.05) is 5.32 Å². The van der Waals surface area contributed by atoms with Gasteiger partial charge in [-0.25, -0.2) is 13.6 Å². The predicted molar refractivity (Wildman–Crippen MR) is 115 cm³/mol. The van der Waals surface area contributed by atoms with Crippen molar-refractivity contribution in [3.05, 3.63) is 82.4 Å². The van der Waals surface area contributed by atoms with E-state index in [1.54, 1.807) is 0 Å². The number of anilines is 1. The Balaban J connectivity index is 2.05. The second kappa shape index (κ2) is 9.40. The fourth-order valence-electron chi connectivity index (χ4n) is 2.87. The topological polar surface area (TPSA) is 119 Å². The smallest absolute Gasteiger partial charge is 0.417 e. The Morgan fingerprint density at radius 3 is 2.36 bits per heavy atom. The molecule has 0 aliphatic heterocycles. The number of benzene rings is 3. The molecule has 0 spiro atoms. The molecule has 0 saturated heterocycles. The van der Waals surface area contributed by atoms with Crippen molar-refractivity contribution in [3.63, 3.8) is 0 Å². The molecule has 12 heteroatoms. The zero-order valence-corrected chi connectivity index (χ0v) is 18.1. The molecule has 0 heterocycles. The third-order valence-electron chi connectivity index (χ3n) is 4.38. The molecule has 0 unspecified atom stereocenters. The molecule has 0 fully saturated rings. The first kappa shape index (κ1) is 24.5. The fourth-order valence-corrected chi connectivity index (χ4v) is 3.68. The summed E-state index contributed by atoms with van der Waals surface area (Å²) in [5, 5.41) is 16.5. The zero-order chi connectivity index (χ0) is 24.4. The number of amides is 1. The number of carbonyl (C=O) groups is 1. The molecule has 1 amide bonds. The first-order chi connectivity index (χ1) is 15.4. The van der Waals surface area contributed by atoms with E-state index in [1.165, 1.54) is 36.4 Å². The lowest BCUT2D eigenvalue weighted by Crippen LogP contribution is -2.20. The van der Waals surface area contributed by atoms with Gasteiger partial charge >= 0.3 is 6.18 Å². The van der Waals surface area contributed by atoms with Crippen LogP contribution < -0.4 is 15.2 Å². The predicted octanol–water partition coefficient (Wildman–Crippen LogP) is 4.54. The Morgan fingerprint density at radius 2 is 1.76 bits per heavy atom. The molecule has 0 aliphatic rings. The first-order valence-electron chi connectivity index (χ1n) is 9.11. The van der Waals surface area contributed by atoms with Crippen molar-refractivity contribution in [1.82, 2.24) is 0 Å². The Hall–Kier alpha value is -3.12. The van der Waals surface area contributed by atoms with Gasteiger partial charge in [-0.1, -0.05) is 29.8 Å². The third kappa shape index (κ3) is 5.82. The van der Waals surface area contributed by atoms with E-state index in [1.807, 2.05) is 0 Å². The van der Waals surface area contributed by atoms with Crippen LogP contribution in [0.2, 0.25) is 5.02 Å². The summed E-state index contributed by atoms with van der Waals surface area (Å²) >= 11 is 6.08. The van der Waals surface area contributed by atoms with Gasteiger partial charge in [0.25, 0.3) is 5.91 Å². The monoisotopic (exact) mass is 500 g/mol. The number of alkyl halides is 3. The van der Waals surface area contributed by atoms with Gasteiger partial charge in [-0.05, 0) is 48.0 Å². The van der Waals surface area contributed by atoms with E-state index in [0.29, 0.717) is 11.6 Å². The second-order valence-electron chi connectivity index (χ2n) is 6.73. The number of sulfonamides is 1. The number of nitrogens with two attached hydrogens (primary N) is 1. The van der Waals surface area contributed by atoms with E-state index in [9.17, 15) is 31.5 Å². The van der Waals surface area contributed by atoms with Gasteiger partial charge in [-0.2, -0.15) is 13.2 Å². The summed E-state index contributed by atoms with van der Waals surface area (Å²) in [5.41, 5.74) is -1.76. The van der Waals surface area contributed by atoms with Gasteiger partial charge in [0.1, 0.15) is 11.5 Å². The van der Waals surface area contributed by atoms with Gasteiger partial charge in [-0.3, -0.25) is 4.79 Å². The van der Waals surface area contributed by atoms with Crippen LogP contribution >= 0.6 is 11.6 Å². The first-order valence-corrected chi connectivity index (χ1v) is 11.0. The standard InChI is InChI=1S/C21H16ClF3N2O5S/c22-16-9-12(11-28)7-8-17(16)32-18-6-2-5-15(21(23,24)25)19(18)20(29)27-13-3-1-4-14(10-13)33(26,30)31/h1-10,28H,11H2,(H,27,29)(H2,26,30,31). The highest BCUT2D eigenvalue weighted by atomic mass is 35.5. The highest BCUT2D eigenvalue weighted by molar-refractivity contribution is 7.89. The number of aliphatic hydroxyl groups is 1. The van der Waals surface area contributed by atoms with Crippen LogP contribution in [0, 0.1) is 0 Å². The van der Waals surface area contributed by atoms with Crippen molar-refractivity contribution < 1.29 is 36.2 Å². The minimum Gasteiger partial charge on any atom is -0.455 e. The second-order valence-corrected chi connectivity index (χ2v) is 8.70.